The first-order chi connectivity index (χ1) is 14.0. The van der Waals surface area contributed by atoms with Gasteiger partial charge in [0.2, 0.25) is 0 Å². The number of aromatic nitrogens is 3. The predicted molar refractivity (Wildman–Crippen MR) is 121 cm³/mol. The zero-order valence-corrected chi connectivity index (χ0v) is 18.0. The number of pyridine rings is 1. The fourth-order valence-electron chi connectivity index (χ4n) is 4.49. The Morgan fingerprint density at radius 3 is 2.38 bits per heavy atom. The third-order valence-corrected chi connectivity index (χ3v) is 6.38. The number of likely N-dealkylation sites (tertiary alicyclic amines) is 1. The minimum Gasteiger partial charge on any atom is -0.324 e. The summed E-state index contributed by atoms with van der Waals surface area (Å²) in [6, 6.07) is 12.5. The number of piperidine rings is 1. The van der Waals surface area contributed by atoms with Gasteiger partial charge in [-0.3, -0.25) is 4.98 Å². The van der Waals surface area contributed by atoms with Crippen molar-refractivity contribution in [1.82, 2.24) is 19.4 Å². The molecule has 0 unspecified atom stereocenters. The number of nitrogens with zero attached hydrogens (tertiary/aromatic N) is 4. The number of benzene rings is 2. The molecule has 0 amide bonds. The van der Waals surface area contributed by atoms with E-state index in [4.69, 9.17) is 28.2 Å². The van der Waals surface area contributed by atoms with E-state index in [0.29, 0.717) is 16.1 Å². The lowest BCUT2D eigenvalue weighted by Crippen LogP contribution is -2.31. The van der Waals surface area contributed by atoms with Crippen LogP contribution in [-0.2, 0) is 0 Å². The SMILES string of the molecule is Cc1nc2cnc3ccc(-c4cc(Cl)cc(Cl)c4)cc3c2n1C1CCN(C)CC1. The maximum absolute atomic E-state index is 6.24. The summed E-state index contributed by atoms with van der Waals surface area (Å²) in [5.41, 5.74) is 5.18. The molecule has 4 aromatic rings. The molecule has 4 nitrogen and oxygen atoms in total. The Morgan fingerprint density at radius 1 is 0.931 bits per heavy atom. The standard InChI is InChI=1S/C23H22Cl2N4/c1-14-27-22-13-26-21-4-3-15(16-9-17(24)12-18(25)10-16)11-20(21)23(22)29(14)19-5-7-28(2)8-6-19/h3-4,9-13,19H,5-8H2,1-2H3. The topological polar surface area (TPSA) is 34.0 Å². The minimum atomic E-state index is 0.464. The molecular weight excluding hydrogens is 403 g/mol. The van der Waals surface area contributed by atoms with Gasteiger partial charge in [-0.1, -0.05) is 29.3 Å². The van der Waals surface area contributed by atoms with Crippen molar-refractivity contribution in [2.45, 2.75) is 25.8 Å². The first-order valence-electron chi connectivity index (χ1n) is 9.92. The molecule has 29 heavy (non-hydrogen) atoms. The van der Waals surface area contributed by atoms with Crippen molar-refractivity contribution in [3.63, 3.8) is 0 Å². The van der Waals surface area contributed by atoms with Gasteiger partial charge in [-0.2, -0.15) is 0 Å². The Kier molecular flexibility index (Phi) is 4.73. The predicted octanol–water partition coefficient (Wildman–Crippen LogP) is 6.13. The molecule has 0 spiro atoms. The van der Waals surface area contributed by atoms with Crippen LogP contribution in [0.5, 0.6) is 0 Å². The van der Waals surface area contributed by atoms with Gasteiger partial charge in [-0.15, -0.1) is 0 Å². The van der Waals surface area contributed by atoms with E-state index in [1.54, 1.807) is 6.07 Å². The molecule has 1 aliphatic heterocycles. The Balaban J connectivity index is 1.72. The van der Waals surface area contributed by atoms with Gasteiger partial charge in [-0.05, 0) is 81.4 Å². The highest BCUT2D eigenvalue weighted by atomic mass is 35.5. The normalized spacial score (nSPS) is 16.1. The van der Waals surface area contributed by atoms with Crippen LogP contribution in [0.3, 0.4) is 0 Å². The summed E-state index contributed by atoms with van der Waals surface area (Å²) in [5, 5.41) is 2.39. The Hall–Kier alpha value is -2.14. The van der Waals surface area contributed by atoms with Gasteiger partial charge in [0.05, 0.1) is 17.2 Å². The summed E-state index contributed by atoms with van der Waals surface area (Å²) in [6.45, 7) is 4.32. The van der Waals surface area contributed by atoms with E-state index < -0.39 is 0 Å². The largest absolute Gasteiger partial charge is 0.324 e. The van der Waals surface area contributed by atoms with E-state index in [1.165, 1.54) is 5.52 Å². The lowest BCUT2D eigenvalue weighted by molar-refractivity contribution is 0.222. The van der Waals surface area contributed by atoms with Crippen LogP contribution in [0.1, 0.15) is 24.7 Å². The van der Waals surface area contributed by atoms with Crippen molar-refractivity contribution in [2.75, 3.05) is 20.1 Å². The number of hydrogen-bond donors (Lipinski definition) is 0. The summed E-state index contributed by atoms with van der Waals surface area (Å²) >= 11 is 12.5. The molecule has 148 valence electrons. The van der Waals surface area contributed by atoms with Crippen molar-refractivity contribution in [3.8, 4) is 11.1 Å². The molecule has 0 saturated carbocycles. The summed E-state index contributed by atoms with van der Waals surface area (Å²) in [6.07, 6.45) is 4.17. The number of hydrogen-bond acceptors (Lipinski definition) is 3. The van der Waals surface area contributed by atoms with E-state index in [-0.39, 0.29) is 0 Å². The number of imidazole rings is 1. The molecule has 6 heteroatoms. The van der Waals surface area contributed by atoms with Crippen LogP contribution in [-0.4, -0.2) is 39.6 Å². The average Bonchev–Trinajstić information content (AvgIpc) is 3.04. The molecular formula is C23H22Cl2N4. The number of fused-ring (bicyclic) bond motifs is 3. The smallest absolute Gasteiger partial charge is 0.108 e. The Bertz CT molecular complexity index is 1200. The Labute approximate surface area is 180 Å². The van der Waals surface area contributed by atoms with Crippen molar-refractivity contribution < 1.29 is 0 Å². The quantitative estimate of drug-likeness (QED) is 0.387. The number of rotatable bonds is 2. The van der Waals surface area contributed by atoms with E-state index >= 15 is 0 Å². The molecule has 2 aromatic heterocycles. The van der Waals surface area contributed by atoms with Gasteiger partial charge in [0.15, 0.2) is 0 Å². The van der Waals surface area contributed by atoms with Crippen molar-refractivity contribution >= 4 is 45.1 Å². The van der Waals surface area contributed by atoms with Gasteiger partial charge in [0.1, 0.15) is 11.3 Å². The van der Waals surface area contributed by atoms with E-state index in [9.17, 15) is 0 Å². The van der Waals surface area contributed by atoms with Crippen LogP contribution in [0.2, 0.25) is 10.0 Å². The maximum Gasteiger partial charge on any atom is 0.108 e. The summed E-state index contributed by atoms with van der Waals surface area (Å²) in [7, 11) is 2.19. The summed E-state index contributed by atoms with van der Waals surface area (Å²) in [5.74, 6) is 1.06. The van der Waals surface area contributed by atoms with Gasteiger partial charge >= 0.3 is 0 Å². The highest BCUT2D eigenvalue weighted by molar-refractivity contribution is 6.35. The second kappa shape index (κ2) is 7.28. The van der Waals surface area contributed by atoms with Crippen LogP contribution >= 0.6 is 23.2 Å². The second-order valence-corrected chi connectivity index (χ2v) is 8.82. The van der Waals surface area contributed by atoms with Crippen molar-refractivity contribution in [2.24, 2.45) is 0 Å². The van der Waals surface area contributed by atoms with Crippen LogP contribution < -0.4 is 0 Å². The lowest BCUT2D eigenvalue weighted by Gasteiger charge is -2.31. The van der Waals surface area contributed by atoms with Gasteiger partial charge in [-0.25, -0.2) is 4.98 Å². The van der Waals surface area contributed by atoms with Crippen LogP contribution in [0.15, 0.2) is 42.6 Å². The molecule has 0 atom stereocenters. The minimum absolute atomic E-state index is 0.464. The van der Waals surface area contributed by atoms with Crippen LogP contribution in [0, 0.1) is 6.92 Å². The van der Waals surface area contributed by atoms with Gasteiger partial charge in [0.25, 0.3) is 0 Å². The molecule has 0 radical (unpaired) electrons. The highest BCUT2D eigenvalue weighted by Gasteiger charge is 2.23. The molecule has 3 heterocycles. The highest BCUT2D eigenvalue weighted by Crippen LogP contribution is 2.35. The number of aryl methyl sites for hydroxylation is 1. The van der Waals surface area contributed by atoms with E-state index in [2.05, 4.69) is 46.6 Å². The lowest BCUT2D eigenvalue weighted by atomic mass is 10.0. The van der Waals surface area contributed by atoms with Crippen molar-refractivity contribution in [3.05, 3.63) is 58.5 Å². The molecule has 0 aliphatic carbocycles. The molecule has 1 aliphatic rings. The second-order valence-electron chi connectivity index (χ2n) is 7.95. The van der Waals surface area contributed by atoms with Crippen molar-refractivity contribution in [1.29, 1.82) is 0 Å². The third-order valence-electron chi connectivity index (χ3n) is 5.94. The molecule has 2 aromatic carbocycles. The zero-order valence-electron chi connectivity index (χ0n) is 16.5. The Morgan fingerprint density at radius 2 is 1.66 bits per heavy atom. The van der Waals surface area contributed by atoms with E-state index in [0.717, 1.165) is 59.3 Å². The molecule has 5 rings (SSSR count). The first-order valence-corrected chi connectivity index (χ1v) is 10.7. The third kappa shape index (κ3) is 3.39. The molecule has 0 bridgehead atoms. The summed E-state index contributed by atoms with van der Waals surface area (Å²) in [4.78, 5) is 11.9. The maximum atomic E-state index is 6.24. The fourth-order valence-corrected chi connectivity index (χ4v) is 5.02. The fraction of sp³-hybridized carbons (Fsp3) is 0.304. The van der Waals surface area contributed by atoms with Gasteiger partial charge in [0, 0.05) is 21.5 Å². The zero-order chi connectivity index (χ0) is 20.1. The molecule has 1 fully saturated rings. The molecule has 1 saturated heterocycles. The first kappa shape index (κ1) is 18.9. The molecule has 0 N–H and O–H groups in total. The van der Waals surface area contributed by atoms with E-state index in [1.807, 2.05) is 18.3 Å². The van der Waals surface area contributed by atoms with Crippen LogP contribution in [0.4, 0.5) is 0 Å². The van der Waals surface area contributed by atoms with Crippen LogP contribution in [0.25, 0.3) is 33.1 Å². The monoisotopic (exact) mass is 424 g/mol. The van der Waals surface area contributed by atoms with Gasteiger partial charge < -0.3 is 9.47 Å². The average molecular weight is 425 g/mol. The number of halogens is 2. The summed E-state index contributed by atoms with van der Waals surface area (Å²) < 4.78 is 2.43.